The van der Waals surface area contributed by atoms with Gasteiger partial charge in [0.15, 0.2) is 0 Å². The summed E-state index contributed by atoms with van der Waals surface area (Å²) < 4.78 is 38.6. The van der Waals surface area contributed by atoms with E-state index in [1.807, 2.05) is 5.10 Å². The zero-order chi connectivity index (χ0) is 15.6. The summed E-state index contributed by atoms with van der Waals surface area (Å²) in [5.41, 5.74) is 2.96. The van der Waals surface area contributed by atoms with Crippen LogP contribution < -0.4 is 16.6 Å². The number of carbonyl (C=O) groups is 1. The predicted molar refractivity (Wildman–Crippen MR) is 68.7 cm³/mol. The maximum absolute atomic E-state index is 12.9. The number of carbonyl (C=O) groups excluding carboxylic acids is 1. The van der Waals surface area contributed by atoms with E-state index in [1.54, 1.807) is 0 Å². The van der Waals surface area contributed by atoms with E-state index in [2.05, 4.69) is 10.4 Å². The van der Waals surface area contributed by atoms with Gasteiger partial charge in [-0.05, 0) is 24.3 Å². The monoisotopic (exact) mass is 298 g/mol. The average molecular weight is 298 g/mol. The molecule has 0 aliphatic heterocycles. The minimum absolute atomic E-state index is 0.0810. The molecule has 0 unspecified atom stereocenters. The summed E-state index contributed by atoms with van der Waals surface area (Å²) in [5, 5.41) is 7.52. The van der Waals surface area contributed by atoms with E-state index in [0.717, 1.165) is 24.3 Å². The molecule has 0 aliphatic carbocycles. The minimum Gasteiger partial charge on any atom is -0.399 e. The lowest BCUT2D eigenvalue weighted by molar-refractivity contribution is -0.136. The number of hydrogen-bond donors (Lipinski definition) is 3. The number of anilines is 2. The van der Waals surface area contributed by atoms with Crippen LogP contribution in [0.25, 0.3) is 0 Å². The molecule has 21 heavy (non-hydrogen) atoms. The number of nitrogens with zero attached hydrogens (tertiary/aromatic N) is 1. The quantitative estimate of drug-likeness (QED) is 0.733. The SMILES string of the molecule is Nc1ccc(NC(=O)c2ccc(=O)[nH]n2)c(C(F)(F)F)c1. The van der Waals surface area contributed by atoms with E-state index < -0.39 is 28.9 Å². The van der Waals surface area contributed by atoms with Crippen molar-refractivity contribution >= 4 is 17.3 Å². The van der Waals surface area contributed by atoms with Gasteiger partial charge in [-0.2, -0.15) is 18.3 Å². The Kier molecular flexibility index (Phi) is 3.66. The normalized spacial score (nSPS) is 11.2. The van der Waals surface area contributed by atoms with Crippen LogP contribution in [-0.4, -0.2) is 16.1 Å². The molecule has 1 aromatic carbocycles. The summed E-state index contributed by atoms with van der Waals surface area (Å²) >= 11 is 0. The van der Waals surface area contributed by atoms with Gasteiger partial charge in [0.05, 0.1) is 11.3 Å². The molecule has 0 atom stereocenters. The Hall–Kier alpha value is -2.84. The molecule has 9 heteroatoms. The number of aromatic amines is 1. The Balaban J connectivity index is 2.33. The third-order valence-corrected chi connectivity index (χ3v) is 2.51. The lowest BCUT2D eigenvalue weighted by atomic mass is 10.1. The fourth-order valence-corrected chi connectivity index (χ4v) is 1.56. The van der Waals surface area contributed by atoms with Crippen molar-refractivity contribution in [1.82, 2.24) is 10.2 Å². The third-order valence-electron chi connectivity index (χ3n) is 2.51. The van der Waals surface area contributed by atoms with Gasteiger partial charge in [0.2, 0.25) is 0 Å². The summed E-state index contributed by atoms with van der Waals surface area (Å²) in [6.45, 7) is 0. The molecule has 0 radical (unpaired) electrons. The van der Waals surface area contributed by atoms with E-state index in [1.165, 1.54) is 6.07 Å². The lowest BCUT2D eigenvalue weighted by Gasteiger charge is -2.14. The summed E-state index contributed by atoms with van der Waals surface area (Å²) in [6, 6.07) is 5.12. The largest absolute Gasteiger partial charge is 0.418 e. The van der Waals surface area contributed by atoms with Gasteiger partial charge in [0, 0.05) is 11.8 Å². The number of benzene rings is 1. The van der Waals surface area contributed by atoms with Crippen LogP contribution in [0.3, 0.4) is 0 Å². The molecule has 1 aromatic heterocycles. The summed E-state index contributed by atoms with van der Waals surface area (Å²) in [6.07, 6.45) is -4.67. The molecule has 110 valence electrons. The number of rotatable bonds is 2. The molecule has 0 saturated heterocycles. The van der Waals surface area contributed by atoms with Crippen molar-refractivity contribution in [2.24, 2.45) is 0 Å². The first-order chi connectivity index (χ1) is 9.77. The van der Waals surface area contributed by atoms with Crippen LogP contribution in [0.5, 0.6) is 0 Å². The lowest BCUT2D eigenvalue weighted by Crippen LogP contribution is -2.20. The van der Waals surface area contributed by atoms with Crippen LogP contribution >= 0.6 is 0 Å². The fraction of sp³-hybridized carbons (Fsp3) is 0.0833. The second kappa shape index (κ2) is 5.27. The number of nitrogens with two attached hydrogens (primary N) is 1. The fourth-order valence-electron chi connectivity index (χ4n) is 1.56. The van der Waals surface area contributed by atoms with Crippen LogP contribution in [0.2, 0.25) is 0 Å². The number of alkyl halides is 3. The van der Waals surface area contributed by atoms with Gasteiger partial charge in [-0.3, -0.25) is 9.59 Å². The molecule has 0 bridgehead atoms. The smallest absolute Gasteiger partial charge is 0.399 e. The maximum Gasteiger partial charge on any atom is 0.418 e. The van der Waals surface area contributed by atoms with E-state index in [0.29, 0.717) is 0 Å². The first kappa shape index (κ1) is 14.6. The van der Waals surface area contributed by atoms with E-state index in [-0.39, 0.29) is 11.4 Å². The molecule has 6 nitrogen and oxygen atoms in total. The van der Waals surface area contributed by atoms with Crippen LogP contribution in [0.15, 0.2) is 35.1 Å². The van der Waals surface area contributed by atoms with Crippen LogP contribution in [0, 0.1) is 0 Å². The van der Waals surface area contributed by atoms with Crippen molar-refractivity contribution in [2.45, 2.75) is 6.18 Å². The van der Waals surface area contributed by atoms with Crippen molar-refractivity contribution in [1.29, 1.82) is 0 Å². The number of amides is 1. The Labute approximate surface area is 115 Å². The van der Waals surface area contributed by atoms with Crippen molar-refractivity contribution in [3.8, 4) is 0 Å². The number of nitrogens with one attached hydrogen (secondary N) is 2. The van der Waals surface area contributed by atoms with E-state index >= 15 is 0 Å². The minimum atomic E-state index is -4.67. The zero-order valence-corrected chi connectivity index (χ0v) is 10.4. The van der Waals surface area contributed by atoms with Gasteiger partial charge in [-0.1, -0.05) is 0 Å². The van der Waals surface area contributed by atoms with Crippen LogP contribution in [0.1, 0.15) is 16.1 Å². The van der Waals surface area contributed by atoms with Gasteiger partial charge in [-0.25, -0.2) is 5.10 Å². The highest BCUT2D eigenvalue weighted by Crippen LogP contribution is 2.36. The number of nitrogen functional groups attached to an aromatic ring is 1. The molecule has 0 spiro atoms. The molecule has 0 saturated carbocycles. The third kappa shape index (κ3) is 3.38. The molecular formula is C12H9F3N4O2. The Morgan fingerprint density at radius 2 is 1.95 bits per heavy atom. The standard InChI is InChI=1S/C12H9F3N4O2/c13-12(14,15)7-5-6(16)1-2-8(7)17-11(21)9-3-4-10(20)19-18-9/h1-5H,16H2,(H,17,21)(H,19,20). The molecule has 2 rings (SSSR count). The van der Waals surface area contributed by atoms with Gasteiger partial charge in [-0.15, -0.1) is 0 Å². The highest BCUT2D eigenvalue weighted by atomic mass is 19.4. The number of aromatic nitrogens is 2. The van der Waals surface area contributed by atoms with Crippen molar-refractivity contribution in [3.63, 3.8) is 0 Å². The summed E-state index contributed by atoms with van der Waals surface area (Å²) in [7, 11) is 0. The molecular weight excluding hydrogens is 289 g/mol. The topological polar surface area (TPSA) is 101 Å². The Morgan fingerprint density at radius 3 is 2.52 bits per heavy atom. The molecule has 0 fully saturated rings. The second-order valence-corrected chi connectivity index (χ2v) is 4.06. The molecule has 1 heterocycles. The molecule has 2 aromatic rings. The number of H-pyrrole nitrogens is 1. The number of halogens is 3. The zero-order valence-electron chi connectivity index (χ0n) is 10.4. The number of hydrogen-bond acceptors (Lipinski definition) is 4. The summed E-state index contributed by atoms with van der Waals surface area (Å²) in [4.78, 5) is 22.6. The first-order valence-electron chi connectivity index (χ1n) is 5.61. The molecule has 0 aliphatic rings. The predicted octanol–water partition coefficient (Wildman–Crippen LogP) is 1.62. The summed E-state index contributed by atoms with van der Waals surface area (Å²) in [5.74, 6) is -0.887. The first-order valence-corrected chi connectivity index (χ1v) is 5.61. The van der Waals surface area contributed by atoms with Gasteiger partial charge >= 0.3 is 6.18 Å². The van der Waals surface area contributed by atoms with Crippen molar-refractivity contribution in [3.05, 3.63) is 51.9 Å². The van der Waals surface area contributed by atoms with Gasteiger partial charge in [0.1, 0.15) is 5.69 Å². The average Bonchev–Trinajstić information content (AvgIpc) is 2.40. The molecule has 1 amide bonds. The second-order valence-electron chi connectivity index (χ2n) is 4.06. The van der Waals surface area contributed by atoms with Crippen LogP contribution in [0.4, 0.5) is 24.5 Å². The van der Waals surface area contributed by atoms with Crippen molar-refractivity contribution < 1.29 is 18.0 Å². The highest BCUT2D eigenvalue weighted by Gasteiger charge is 2.34. The van der Waals surface area contributed by atoms with Gasteiger partial charge < -0.3 is 11.1 Å². The maximum atomic E-state index is 12.9. The highest BCUT2D eigenvalue weighted by molar-refractivity contribution is 6.03. The van der Waals surface area contributed by atoms with E-state index in [4.69, 9.17) is 5.73 Å². The van der Waals surface area contributed by atoms with Gasteiger partial charge in [0.25, 0.3) is 11.5 Å². The van der Waals surface area contributed by atoms with Crippen LogP contribution in [-0.2, 0) is 6.18 Å². The Bertz CT molecular complexity index is 720. The molecule has 4 N–H and O–H groups in total. The van der Waals surface area contributed by atoms with E-state index in [9.17, 15) is 22.8 Å². The Morgan fingerprint density at radius 1 is 1.24 bits per heavy atom. The van der Waals surface area contributed by atoms with Crippen molar-refractivity contribution in [2.75, 3.05) is 11.1 Å².